The molecule has 0 fully saturated rings. The van der Waals surface area contributed by atoms with E-state index in [-0.39, 0.29) is 0 Å². The molecule has 0 radical (unpaired) electrons. The topological polar surface area (TPSA) is 51.8 Å². The Morgan fingerprint density at radius 1 is 1.31 bits per heavy atom. The number of rotatable bonds is 3. The van der Waals surface area contributed by atoms with Crippen LogP contribution in [-0.4, -0.2) is 15.1 Å². The van der Waals surface area contributed by atoms with Crippen molar-refractivity contribution in [2.45, 2.75) is 27.2 Å². The van der Waals surface area contributed by atoms with Crippen molar-refractivity contribution in [3.63, 3.8) is 0 Å². The van der Waals surface area contributed by atoms with Gasteiger partial charge in [-0.2, -0.15) is 4.98 Å². The zero-order valence-electron chi connectivity index (χ0n) is 9.77. The Morgan fingerprint density at radius 2 is 2.12 bits per heavy atom. The standard InChI is InChI=1S/C12H15N3O/c1-8(2)4-11-9(3)5-10(6-13-11)12-14-7-16-15-12/h5-8H,4H2,1-3H3. The van der Waals surface area contributed by atoms with Crippen molar-refractivity contribution >= 4 is 0 Å². The summed E-state index contributed by atoms with van der Waals surface area (Å²) in [6, 6.07) is 2.05. The zero-order valence-corrected chi connectivity index (χ0v) is 9.77. The molecule has 4 heteroatoms. The second-order valence-corrected chi connectivity index (χ2v) is 4.34. The maximum atomic E-state index is 4.71. The van der Waals surface area contributed by atoms with Crippen molar-refractivity contribution in [3.8, 4) is 11.4 Å². The lowest BCUT2D eigenvalue weighted by Crippen LogP contribution is -2.00. The Balaban J connectivity index is 2.29. The third kappa shape index (κ3) is 2.27. The van der Waals surface area contributed by atoms with E-state index in [4.69, 9.17) is 4.52 Å². The predicted molar refractivity (Wildman–Crippen MR) is 60.8 cm³/mol. The second-order valence-electron chi connectivity index (χ2n) is 4.34. The van der Waals surface area contributed by atoms with Crippen molar-refractivity contribution in [2.75, 3.05) is 0 Å². The van der Waals surface area contributed by atoms with Crippen LogP contribution < -0.4 is 0 Å². The minimum Gasteiger partial charge on any atom is -0.342 e. The fourth-order valence-electron chi connectivity index (χ4n) is 1.62. The van der Waals surface area contributed by atoms with E-state index < -0.39 is 0 Å². The molecule has 0 N–H and O–H groups in total. The molecule has 2 rings (SSSR count). The van der Waals surface area contributed by atoms with Gasteiger partial charge in [-0.3, -0.25) is 4.98 Å². The van der Waals surface area contributed by atoms with Crippen molar-refractivity contribution in [2.24, 2.45) is 5.92 Å². The number of aryl methyl sites for hydroxylation is 1. The van der Waals surface area contributed by atoms with Gasteiger partial charge in [0, 0.05) is 17.5 Å². The quantitative estimate of drug-likeness (QED) is 0.793. The summed E-state index contributed by atoms with van der Waals surface area (Å²) >= 11 is 0. The van der Waals surface area contributed by atoms with Gasteiger partial charge in [-0.1, -0.05) is 19.0 Å². The molecule has 0 aliphatic heterocycles. The van der Waals surface area contributed by atoms with E-state index >= 15 is 0 Å². The van der Waals surface area contributed by atoms with Gasteiger partial charge < -0.3 is 4.52 Å². The van der Waals surface area contributed by atoms with E-state index in [2.05, 4.69) is 42.0 Å². The Hall–Kier alpha value is -1.71. The van der Waals surface area contributed by atoms with Crippen LogP contribution in [0.4, 0.5) is 0 Å². The number of pyridine rings is 1. The molecule has 4 nitrogen and oxygen atoms in total. The molecule has 2 aromatic heterocycles. The van der Waals surface area contributed by atoms with Gasteiger partial charge in [0.15, 0.2) is 0 Å². The summed E-state index contributed by atoms with van der Waals surface area (Å²) in [7, 11) is 0. The Labute approximate surface area is 94.7 Å². The maximum absolute atomic E-state index is 4.71. The fraction of sp³-hybridized carbons (Fsp3) is 0.417. The lowest BCUT2D eigenvalue weighted by molar-refractivity contribution is 0.418. The summed E-state index contributed by atoms with van der Waals surface area (Å²) in [4.78, 5) is 8.45. The van der Waals surface area contributed by atoms with E-state index in [9.17, 15) is 0 Å². The highest BCUT2D eigenvalue weighted by Gasteiger charge is 2.08. The van der Waals surface area contributed by atoms with Crippen LogP contribution in [0.3, 0.4) is 0 Å². The molecular weight excluding hydrogens is 202 g/mol. The van der Waals surface area contributed by atoms with Crippen LogP contribution in [0.15, 0.2) is 23.2 Å². The summed E-state index contributed by atoms with van der Waals surface area (Å²) in [6.07, 6.45) is 4.13. The smallest absolute Gasteiger partial charge is 0.214 e. The van der Waals surface area contributed by atoms with Crippen molar-refractivity contribution < 1.29 is 4.52 Å². The van der Waals surface area contributed by atoms with Crippen LogP contribution in [0.1, 0.15) is 25.1 Å². The maximum Gasteiger partial charge on any atom is 0.214 e. The SMILES string of the molecule is Cc1cc(-c2ncon2)cnc1CC(C)C. The van der Waals surface area contributed by atoms with Crippen LogP contribution >= 0.6 is 0 Å². The van der Waals surface area contributed by atoms with Crippen molar-refractivity contribution in [3.05, 3.63) is 29.9 Å². The number of hydrogen-bond donors (Lipinski definition) is 0. The highest BCUT2D eigenvalue weighted by molar-refractivity contribution is 5.54. The molecule has 2 heterocycles. The molecule has 0 amide bonds. The first-order chi connectivity index (χ1) is 7.66. The molecule has 0 atom stereocenters. The lowest BCUT2D eigenvalue weighted by Gasteiger charge is -2.08. The summed E-state index contributed by atoms with van der Waals surface area (Å²) in [5.74, 6) is 1.20. The van der Waals surface area contributed by atoms with Gasteiger partial charge in [-0.25, -0.2) is 0 Å². The minimum absolute atomic E-state index is 0.590. The molecule has 0 aliphatic rings. The first-order valence-corrected chi connectivity index (χ1v) is 5.39. The van der Waals surface area contributed by atoms with Gasteiger partial charge in [-0.05, 0) is 30.9 Å². The van der Waals surface area contributed by atoms with Gasteiger partial charge in [0.2, 0.25) is 12.2 Å². The van der Waals surface area contributed by atoms with Gasteiger partial charge >= 0.3 is 0 Å². The number of nitrogens with zero attached hydrogens (tertiary/aromatic N) is 3. The molecule has 0 saturated carbocycles. The van der Waals surface area contributed by atoms with E-state index in [1.54, 1.807) is 6.20 Å². The molecule has 0 aromatic carbocycles. The molecule has 0 saturated heterocycles. The van der Waals surface area contributed by atoms with E-state index in [1.807, 2.05) is 0 Å². The van der Waals surface area contributed by atoms with E-state index in [0.29, 0.717) is 11.7 Å². The highest BCUT2D eigenvalue weighted by Crippen LogP contribution is 2.18. The zero-order chi connectivity index (χ0) is 11.5. The van der Waals surface area contributed by atoms with Gasteiger partial charge in [-0.15, -0.1) is 0 Å². The molecule has 0 spiro atoms. The van der Waals surface area contributed by atoms with Gasteiger partial charge in [0.05, 0.1) is 0 Å². The normalized spacial score (nSPS) is 11.0. The number of hydrogen-bond acceptors (Lipinski definition) is 4. The second kappa shape index (κ2) is 4.43. The summed E-state index contributed by atoms with van der Waals surface area (Å²) in [6.45, 7) is 6.44. The first kappa shape index (κ1) is 10.8. The predicted octanol–water partition coefficient (Wildman–Crippen LogP) is 2.64. The summed E-state index contributed by atoms with van der Waals surface area (Å²) in [5.41, 5.74) is 3.22. The van der Waals surface area contributed by atoms with Crippen molar-refractivity contribution in [1.29, 1.82) is 0 Å². The average molecular weight is 217 g/mol. The molecule has 2 aromatic rings. The van der Waals surface area contributed by atoms with Crippen LogP contribution in [0.25, 0.3) is 11.4 Å². The van der Waals surface area contributed by atoms with Crippen LogP contribution in [0.5, 0.6) is 0 Å². The fourth-order valence-corrected chi connectivity index (χ4v) is 1.62. The van der Waals surface area contributed by atoms with Crippen LogP contribution in [0, 0.1) is 12.8 Å². The third-order valence-corrected chi connectivity index (χ3v) is 2.41. The van der Waals surface area contributed by atoms with E-state index in [1.165, 1.54) is 12.0 Å². The Kier molecular flexibility index (Phi) is 2.99. The summed E-state index contributed by atoms with van der Waals surface area (Å²) < 4.78 is 4.71. The minimum atomic E-state index is 0.590. The molecule has 84 valence electrons. The van der Waals surface area contributed by atoms with E-state index in [0.717, 1.165) is 17.7 Å². The summed E-state index contributed by atoms with van der Waals surface area (Å²) in [5, 5.41) is 3.79. The largest absolute Gasteiger partial charge is 0.342 e. The molecule has 0 bridgehead atoms. The highest BCUT2D eigenvalue weighted by atomic mass is 16.5. The molecule has 0 aliphatic carbocycles. The molecule has 0 unspecified atom stereocenters. The molecular formula is C12H15N3O. The average Bonchev–Trinajstić information content (AvgIpc) is 2.73. The third-order valence-electron chi connectivity index (χ3n) is 2.41. The Bertz CT molecular complexity index is 463. The van der Waals surface area contributed by atoms with Crippen LogP contribution in [0.2, 0.25) is 0 Å². The van der Waals surface area contributed by atoms with Crippen LogP contribution in [-0.2, 0) is 6.42 Å². The lowest BCUT2D eigenvalue weighted by atomic mass is 10.0. The molecule has 16 heavy (non-hydrogen) atoms. The van der Waals surface area contributed by atoms with Crippen molar-refractivity contribution in [1.82, 2.24) is 15.1 Å². The first-order valence-electron chi connectivity index (χ1n) is 5.39. The van der Waals surface area contributed by atoms with Gasteiger partial charge in [0.1, 0.15) is 0 Å². The number of aromatic nitrogens is 3. The Morgan fingerprint density at radius 3 is 2.69 bits per heavy atom. The monoisotopic (exact) mass is 217 g/mol. The van der Waals surface area contributed by atoms with Gasteiger partial charge in [0.25, 0.3) is 0 Å².